The summed E-state index contributed by atoms with van der Waals surface area (Å²) in [6.45, 7) is 12.2. The lowest BCUT2D eigenvalue weighted by Gasteiger charge is -2.30. The lowest BCUT2D eigenvalue weighted by atomic mass is 9.93. The van der Waals surface area contributed by atoms with Gasteiger partial charge in [0.05, 0.1) is 40.1 Å². The van der Waals surface area contributed by atoms with Gasteiger partial charge in [-0.2, -0.15) is 0 Å². The van der Waals surface area contributed by atoms with Gasteiger partial charge in [-0.1, -0.05) is 12.7 Å². The van der Waals surface area contributed by atoms with Crippen molar-refractivity contribution in [3.8, 4) is 23.0 Å². The number of aryl methyl sites for hydroxylation is 1. The molecule has 0 saturated heterocycles. The van der Waals surface area contributed by atoms with E-state index in [0.29, 0.717) is 29.4 Å². The molecule has 0 spiro atoms. The number of hydrogen-bond acceptors (Lipinski definition) is 5. The second kappa shape index (κ2) is 9.90. The molecular formula is C25H34O5. The van der Waals surface area contributed by atoms with Gasteiger partial charge in [0.15, 0.2) is 23.0 Å². The molecule has 0 bridgehead atoms. The van der Waals surface area contributed by atoms with Gasteiger partial charge in [-0.3, -0.25) is 0 Å². The lowest BCUT2D eigenvalue weighted by Crippen LogP contribution is -2.24. The monoisotopic (exact) mass is 414 g/mol. The predicted molar refractivity (Wildman–Crippen MR) is 121 cm³/mol. The fourth-order valence-electron chi connectivity index (χ4n) is 3.45. The van der Waals surface area contributed by atoms with E-state index in [1.807, 2.05) is 30.3 Å². The Balaban J connectivity index is 2.59. The highest BCUT2D eigenvalue weighted by atomic mass is 16.5. The zero-order valence-corrected chi connectivity index (χ0v) is 19.4. The average Bonchev–Trinajstić information content (AvgIpc) is 2.72. The van der Waals surface area contributed by atoms with E-state index in [2.05, 4.69) is 34.3 Å². The molecule has 164 valence electrons. The van der Waals surface area contributed by atoms with Gasteiger partial charge in [0.25, 0.3) is 0 Å². The first-order valence-corrected chi connectivity index (χ1v) is 9.95. The maximum Gasteiger partial charge on any atom is 0.161 e. The van der Waals surface area contributed by atoms with Crippen LogP contribution in [0, 0.1) is 6.92 Å². The van der Waals surface area contributed by atoms with Gasteiger partial charge in [0.2, 0.25) is 0 Å². The number of rotatable bonds is 9. The molecule has 2 aromatic carbocycles. The van der Waals surface area contributed by atoms with Crippen LogP contribution >= 0.6 is 0 Å². The number of benzene rings is 2. The van der Waals surface area contributed by atoms with Crippen molar-refractivity contribution in [1.82, 2.24) is 0 Å². The Labute approximate surface area is 180 Å². The van der Waals surface area contributed by atoms with E-state index in [0.717, 1.165) is 22.3 Å². The zero-order chi connectivity index (χ0) is 22.5. The summed E-state index contributed by atoms with van der Waals surface area (Å²) >= 11 is 0. The first-order valence-electron chi connectivity index (χ1n) is 9.95. The molecule has 0 amide bonds. The second-order valence-electron chi connectivity index (χ2n) is 8.10. The van der Waals surface area contributed by atoms with E-state index < -0.39 is 0 Å². The lowest BCUT2D eigenvalue weighted by molar-refractivity contribution is -0.0615. The SMILES string of the molecule is C=Cc1cc(OC)c(OC)cc1C(Cc1cc(OC)c(OC)cc1C)OC(C)(C)C. The van der Waals surface area contributed by atoms with Gasteiger partial charge >= 0.3 is 0 Å². The van der Waals surface area contributed by atoms with Crippen LogP contribution in [-0.2, 0) is 11.2 Å². The third-order valence-electron chi connectivity index (χ3n) is 4.90. The van der Waals surface area contributed by atoms with Crippen LogP contribution in [0.25, 0.3) is 6.08 Å². The van der Waals surface area contributed by atoms with Gasteiger partial charge in [0.1, 0.15) is 0 Å². The van der Waals surface area contributed by atoms with Crippen LogP contribution in [0.3, 0.4) is 0 Å². The second-order valence-corrected chi connectivity index (χ2v) is 8.10. The Hall–Kier alpha value is -2.66. The first kappa shape index (κ1) is 23.6. The molecule has 0 radical (unpaired) electrons. The number of hydrogen-bond donors (Lipinski definition) is 0. The van der Waals surface area contributed by atoms with Crippen LogP contribution in [0.1, 0.15) is 49.1 Å². The van der Waals surface area contributed by atoms with Crippen molar-refractivity contribution in [2.24, 2.45) is 0 Å². The Morgan fingerprint density at radius 1 is 0.833 bits per heavy atom. The average molecular weight is 415 g/mol. The van der Waals surface area contributed by atoms with E-state index in [-0.39, 0.29) is 11.7 Å². The molecule has 0 aliphatic rings. The minimum atomic E-state index is -0.346. The normalized spacial score (nSPS) is 12.3. The van der Waals surface area contributed by atoms with Crippen molar-refractivity contribution >= 4 is 6.08 Å². The van der Waals surface area contributed by atoms with Crippen molar-refractivity contribution in [3.63, 3.8) is 0 Å². The number of methoxy groups -OCH3 is 4. The molecule has 1 atom stereocenters. The molecule has 0 saturated carbocycles. The summed E-state index contributed by atoms with van der Waals surface area (Å²) in [5, 5.41) is 0. The van der Waals surface area contributed by atoms with Crippen LogP contribution in [0.4, 0.5) is 0 Å². The maximum atomic E-state index is 6.51. The molecule has 0 fully saturated rings. The van der Waals surface area contributed by atoms with Gasteiger partial charge in [-0.05, 0) is 74.2 Å². The van der Waals surface area contributed by atoms with Crippen molar-refractivity contribution in [2.45, 2.75) is 45.8 Å². The minimum absolute atomic E-state index is 0.227. The third-order valence-corrected chi connectivity index (χ3v) is 4.90. The summed E-state index contributed by atoms with van der Waals surface area (Å²) in [4.78, 5) is 0. The first-order chi connectivity index (χ1) is 14.2. The summed E-state index contributed by atoms with van der Waals surface area (Å²) in [5.41, 5.74) is 3.81. The Kier molecular flexibility index (Phi) is 7.79. The Bertz CT molecular complexity index is 880. The highest BCUT2D eigenvalue weighted by Crippen LogP contribution is 2.39. The van der Waals surface area contributed by atoms with Gasteiger partial charge in [-0.25, -0.2) is 0 Å². The Morgan fingerprint density at radius 3 is 1.83 bits per heavy atom. The van der Waals surface area contributed by atoms with Crippen LogP contribution in [-0.4, -0.2) is 34.0 Å². The zero-order valence-electron chi connectivity index (χ0n) is 19.4. The van der Waals surface area contributed by atoms with E-state index in [1.165, 1.54) is 0 Å². The van der Waals surface area contributed by atoms with Crippen LogP contribution in [0.2, 0.25) is 0 Å². The van der Waals surface area contributed by atoms with Gasteiger partial charge in [0, 0.05) is 6.42 Å². The molecule has 0 N–H and O–H groups in total. The molecule has 2 aromatic rings. The maximum absolute atomic E-state index is 6.51. The fourth-order valence-corrected chi connectivity index (χ4v) is 3.45. The molecule has 1 unspecified atom stereocenters. The molecule has 0 aromatic heterocycles. The highest BCUT2D eigenvalue weighted by Gasteiger charge is 2.25. The van der Waals surface area contributed by atoms with Crippen LogP contribution in [0.15, 0.2) is 30.8 Å². The van der Waals surface area contributed by atoms with E-state index >= 15 is 0 Å². The van der Waals surface area contributed by atoms with Crippen LogP contribution < -0.4 is 18.9 Å². The van der Waals surface area contributed by atoms with E-state index in [4.69, 9.17) is 23.7 Å². The Morgan fingerprint density at radius 2 is 1.33 bits per heavy atom. The fraction of sp³-hybridized carbons (Fsp3) is 0.440. The van der Waals surface area contributed by atoms with E-state index in [1.54, 1.807) is 28.4 Å². The van der Waals surface area contributed by atoms with Crippen molar-refractivity contribution < 1.29 is 23.7 Å². The van der Waals surface area contributed by atoms with Crippen molar-refractivity contribution in [3.05, 3.63) is 53.1 Å². The molecule has 0 aliphatic heterocycles. The summed E-state index contributed by atoms with van der Waals surface area (Å²) in [7, 11) is 6.54. The molecule has 0 heterocycles. The van der Waals surface area contributed by atoms with Gasteiger partial charge < -0.3 is 23.7 Å². The summed E-state index contributed by atoms with van der Waals surface area (Å²) < 4.78 is 28.5. The van der Waals surface area contributed by atoms with Crippen molar-refractivity contribution in [1.29, 1.82) is 0 Å². The van der Waals surface area contributed by atoms with Gasteiger partial charge in [-0.15, -0.1) is 0 Å². The van der Waals surface area contributed by atoms with E-state index in [9.17, 15) is 0 Å². The summed E-state index contributed by atoms with van der Waals surface area (Å²) in [6.07, 6.45) is 2.24. The summed E-state index contributed by atoms with van der Waals surface area (Å²) in [5.74, 6) is 2.73. The summed E-state index contributed by atoms with van der Waals surface area (Å²) in [6, 6.07) is 7.91. The molecule has 30 heavy (non-hydrogen) atoms. The number of ether oxygens (including phenoxy) is 5. The highest BCUT2D eigenvalue weighted by molar-refractivity contribution is 5.60. The standard InChI is InChI=1S/C25H34O5/c1-10-17-12-22(27-7)24(29-9)15-19(17)20(30-25(3,4)5)13-18-14-23(28-8)21(26-6)11-16(18)2/h10-12,14-15,20H,1,13H2,2-9H3. The molecule has 5 nitrogen and oxygen atoms in total. The molecule has 2 rings (SSSR count). The molecular weight excluding hydrogens is 380 g/mol. The van der Waals surface area contributed by atoms with Crippen LogP contribution in [0.5, 0.6) is 23.0 Å². The predicted octanol–water partition coefficient (Wildman–Crippen LogP) is 5.77. The quantitative estimate of drug-likeness (QED) is 0.521. The topological polar surface area (TPSA) is 46.2 Å². The van der Waals surface area contributed by atoms with Crippen molar-refractivity contribution in [2.75, 3.05) is 28.4 Å². The molecule has 5 heteroatoms. The smallest absolute Gasteiger partial charge is 0.161 e. The minimum Gasteiger partial charge on any atom is -0.493 e. The third kappa shape index (κ3) is 5.48. The molecule has 0 aliphatic carbocycles. The largest absolute Gasteiger partial charge is 0.493 e.